The molecule has 0 spiro atoms. The standard InChI is InChI=1S/C43H39B33/c1-14-15(2)21(8)27(22(9)16(14)3)32-28-23(10)17(4)19(6)25(12)30(28)33(31-26(13)20(7)18(5)24(11)29(31)32)35-38(62-45)37(44)34-36(39(35)66(49)63-46)40(67(50)71(51)52)42(68(64-47)72(53)54)43(69(73(55)56)74(57)58)41(34)70(75(59)60)76(61)65-48/h1-13H3. The van der Waals surface area contributed by atoms with E-state index in [4.69, 9.17) is 139 Å². The van der Waals surface area contributed by atoms with E-state index in [0.717, 1.165) is 77.2 Å². The van der Waals surface area contributed by atoms with Crippen LogP contribution in [-0.2, 0) is 0 Å². The topological polar surface area (TPSA) is 0 Å². The molecule has 0 N–H and O–H groups in total. The van der Waals surface area contributed by atoms with Crippen molar-refractivity contribution in [3.63, 3.8) is 0 Å². The monoisotopic (exact) mass is 919 g/mol. The summed E-state index contributed by atoms with van der Waals surface area (Å²) >= 11 is 0. The second-order valence-electron chi connectivity index (χ2n) is 21.6. The minimum Gasteiger partial charge on any atom is -0.113 e. The molecule has 0 saturated carbocycles. The molecule has 6 rings (SSSR count). The molecule has 0 aliphatic carbocycles. The Morgan fingerprint density at radius 3 is 1.01 bits per heavy atom. The highest BCUT2D eigenvalue weighted by Crippen LogP contribution is 2.52. The Kier molecular flexibility index (Phi) is 20.3. The van der Waals surface area contributed by atoms with Gasteiger partial charge in [0.05, 0.1) is 39.6 Å². The van der Waals surface area contributed by atoms with Gasteiger partial charge in [0.2, 0.25) is 0 Å². The van der Waals surface area contributed by atoms with E-state index >= 15 is 0 Å². The van der Waals surface area contributed by atoms with Crippen LogP contribution in [0.1, 0.15) is 72.3 Å². The van der Waals surface area contributed by atoms with Crippen molar-refractivity contribution in [3.8, 4) is 22.3 Å². The molecule has 0 amide bonds. The van der Waals surface area contributed by atoms with Crippen LogP contribution in [0.25, 0.3) is 54.6 Å². The summed E-state index contributed by atoms with van der Waals surface area (Å²) in [6, 6.07) is 0. The van der Waals surface area contributed by atoms with Crippen LogP contribution >= 0.6 is 0 Å². The molecule has 0 atom stereocenters. The average Bonchev–Trinajstić information content (AvgIpc) is 3.39. The van der Waals surface area contributed by atoms with Crippen molar-refractivity contribution >= 4 is 309 Å². The van der Waals surface area contributed by atoms with Crippen LogP contribution in [0.4, 0.5) is 0 Å². The molecular weight excluding hydrogens is 873 g/mol. The molecule has 0 fully saturated rings. The average molecular weight is 913 g/mol. The summed E-state index contributed by atoms with van der Waals surface area (Å²) in [4.78, 5) is 0. The summed E-state index contributed by atoms with van der Waals surface area (Å²) in [7, 11) is 130. The Morgan fingerprint density at radius 1 is 0.303 bits per heavy atom. The Morgan fingerprint density at radius 2 is 0.684 bits per heavy atom. The molecule has 6 aromatic rings. The highest BCUT2D eigenvalue weighted by atomic mass is 14.3. The van der Waals surface area contributed by atoms with Gasteiger partial charge < -0.3 is 0 Å². The Bertz CT molecular complexity index is 3160. The van der Waals surface area contributed by atoms with E-state index < -0.39 is 70.8 Å². The van der Waals surface area contributed by atoms with Crippen molar-refractivity contribution in [2.24, 2.45) is 0 Å². The highest BCUT2D eigenvalue weighted by molar-refractivity contribution is 7.89. The first-order valence-corrected chi connectivity index (χ1v) is 25.9. The number of hydrogen-bond donors (Lipinski definition) is 0. The number of aryl methyl sites for hydroxylation is 4. The van der Waals surface area contributed by atoms with Crippen LogP contribution in [0.3, 0.4) is 0 Å². The minimum absolute atomic E-state index is 0.135. The summed E-state index contributed by atoms with van der Waals surface area (Å²) < 4.78 is 0. The zero-order chi connectivity index (χ0) is 57.5. The lowest BCUT2D eigenvalue weighted by Gasteiger charge is -2.42. The summed E-state index contributed by atoms with van der Waals surface area (Å²) in [6.07, 6.45) is -7.36. The molecule has 76 heavy (non-hydrogen) atoms. The van der Waals surface area contributed by atoms with Gasteiger partial charge in [-0.15, -0.1) is 10.9 Å². The van der Waals surface area contributed by atoms with Crippen LogP contribution in [0.2, 0.25) is 0 Å². The maximum Gasteiger partial charge on any atom is 0.113 e. The third-order valence-electron chi connectivity index (χ3n) is 17.9. The maximum absolute atomic E-state index is 7.92. The van der Waals surface area contributed by atoms with Crippen molar-refractivity contribution in [3.05, 3.63) is 72.3 Å². The molecule has 40 radical (unpaired) electrons. The molecule has 0 aliphatic rings. The predicted molar refractivity (Wildman–Crippen MR) is 379 cm³/mol. The third kappa shape index (κ3) is 10.1. The van der Waals surface area contributed by atoms with Crippen LogP contribution in [0, 0.1) is 90.0 Å². The first-order chi connectivity index (χ1) is 35.4. The van der Waals surface area contributed by atoms with Gasteiger partial charge in [-0.25, -0.2) is 0 Å². The molecular formula is C43H39B33. The fourth-order valence-electron chi connectivity index (χ4n) is 12.7. The van der Waals surface area contributed by atoms with Crippen LogP contribution in [0.5, 0.6) is 0 Å². The van der Waals surface area contributed by atoms with Gasteiger partial charge in [-0.2, -0.15) is 0 Å². The van der Waals surface area contributed by atoms with E-state index in [-0.39, 0.29) is 27.2 Å². The number of benzene rings is 6. The van der Waals surface area contributed by atoms with Gasteiger partial charge in [-0.3, -0.25) is 0 Å². The SMILES string of the molecule is [B][B]B([B])B(B([B])[B])c1c(B(B([B])[B])B([B])[B])c(B([B][B])B([B])[B])c(B([B])B([B])[B])c2c(B([B])[B][B])c(-c3c4c(C)c(C)c(C)c(C)c4c(-c4c(C)c(C)c(C)c(C)c4C)c4c(C)c(C)c(C)c(C)c34)c([B][B])c([B])c12. The molecule has 0 unspecified atom stereocenters. The highest BCUT2D eigenvalue weighted by Gasteiger charge is 2.42. The first-order valence-electron chi connectivity index (χ1n) is 25.9. The zero-order valence-electron chi connectivity index (χ0n) is 47.1. The molecule has 33 heteroatoms. The van der Waals surface area contributed by atoms with Crippen molar-refractivity contribution in [1.82, 2.24) is 0 Å². The molecule has 6 aromatic carbocycles. The zero-order valence-corrected chi connectivity index (χ0v) is 47.1. The molecule has 0 saturated heterocycles. The smallest absolute Gasteiger partial charge is 0.113 e. The van der Waals surface area contributed by atoms with Crippen molar-refractivity contribution in [1.29, 1.82) is 0 Å². The van der Waals surface area contributed by atoms with E-state index in [9.17, 15) is 0 Å². The van der Waals surface area contributed by atoms with E-state index in [0.29, 0.717) is 27.3 Å². The number of fused-ring (bicyclic) bond motifs is 3. The molecule has 0 aromatic heterocycles. The van der Waals surface area contributed by atoms with Crippen molar-refractivity contribution in [2.45, 2.75) is 90.0 Å². The Balaban J connectivity index is 2.29. The normalized spacial score (nSPS) is 11.1. The van der Waals surface area contributed by atoms with Gasteiger partial charge in [0, 0.05) is 191 Å². The quantitative estimate of drug-likeness (QED) is 0.0634. The van der Waals surface area contributed by atoms with Gasteiger partial charge in [0.25, 0.3) is 0 Å². The number of hydrogen-bond acceptors (Lipinski definition) is 0. The summed E-state index contributed by atoms with van der Waals surface area (Å²) in [5.74, 6) is 0. The molecule has 0 heterocycles. The third-order valence-corrected chi connectivity index (χ3v) is 17.9. The lowest BCUT2D eigenvalue weighted by atomic mass is 8.66. The van der Waals surface area contributed by atoms with E-state index in [1.807, 2.05) is 0 Å². The second-order valence-corrected chi connectivity index (χ2v) is 21.6. The van der Waals surface area contributed by atoms with Gasteiger partial charge in [0.1, 0.15) is 7.85 Å². The maximum atomic E-state index is 7.92. The largest absolute Gasteiger partial charge is 0.113 e. The van der Waals surface area contributed by atoms with Gasteiger partial charge in [0.15, 0.2) is 0 Å². The summed E-state index contributed by atoms with van der Waals surface area (Å²) in [6.45, 7) is 22.7. The predicted octanol–water partition coefficient (Wildman–Crippen LogP) is -5.85. The van der Waals surface area contributed by atoms with Crippen LogP contribution < -0.4 is 38.2 Å². The molecule has 0 nitrogen and oxygen atoms in total. The lowest BCUT2D eigenvalue weighted by Crippen LogP contribution is -2.80. The summed E-state index contributed by atoms with van der Waals surface area (Å²) in [5.41, 5.74) is 20.6. The number of rotatable bonds is 17. The summed E-state index contributed by atoms with van der Waals surface area (Å²) in [5, 5.41) is 4.66. The van der Waals surface area contributed by atoms with E-state index in [2.05, 4.69) is 90.0 Å². The van der Waals surface area contributed by atoms with Gasteiger partial charge >= 0.3 is 0 Å². The van der Waals surface area contributed by atoms with Crippen molar-refractivity contribution in [2.75, 3.05) is 0 Å². The van der Waals surface area contributed by atoms with Gasteiger partial charge in [-0.05, 0) is 217 Å². The second kappa shape index (κ2) is 24.4. The molecule has 0 aliphatic heterocycles. The van der Waals surface area contributed by atoms with E-state index in [1.165, 1.54) is 61.7 Å². The van der Waals surface area contributed by atoms with Gasteiger partial charge in [-0.1, -0.05) is 27.3 Å². The fourth-order valence-corrected chi connectivity index (χ4v) is 12.7. The van der Waals surface area contributed by atoms with E-state index in [1.54, 1.807) is 0 Å². The Labute approximate surface area is 490 Å². The van der Waals surface area contributed by atoms with Crippen LogP contribution in [0.15, 0.2) is 0 Å². The van der Waals surface area contributed by atoms with Crippen molar-refractivity contribution < 1.29 is 0 Å². The molecule has 310 valence electrons. The van der Waals surface area contributed by atoms with Crippen LogP contribution in [-0.4, -0.2) is 239 Å². The molecule has 0 bridgehead atoms. The fraction of sp³-hybridized carbons (Fsp3) is 0.302. The first kappa shape index (κ1) is 63.4. The minimum atomic E-state index is -1.27. The lowest BCUT2D eigenvalue weighted by molar-refractivity contribution is 1.18. The Hall–Kier alpha value is -1.76.